The second-order valence-corrected chi connectivity index (χ2v) is 5.67. The molecule has 0 aliphatic heterocycles. The van der Waals surface area contributed by atoms with Crippen molar-refractivity contribution in [2.45, 2.75) is 38.8 Å². The second kappa shape index (κ2) is 7.47. The first-order chi connectivity index (χ1) is 9.72. The molecule has 0 bridgehead atoms. The van der Waals surface area contributed by atoms with Gasteiger partial charge >= 0.3 is 0 Å². The Labute approximate surface area is 124 Å². The highest BCUT2D eigenvalue weighted by atomic mass is 32.1. The zero-order chi connectivity index (χ0) is 14.4. The predicted molar refractivity (Wildman–Crippen MR) is 81.8 cm³/mol. The summed E-state index contributed by atoms with van der Waals surface area (Å²) in [5.41, 5.74) is 10.0. The highest BCUT2D eigenvalue weighted by Gasteiger charge is 2.20. The SMILES string of the molecule is CCC(N)C(OCCc1scnc1C)c1ccccn1. The van der Waals surface area contributed by atoms with Gasteiger partial charge < -0.3 is 10.5 Å². The topological polar surface area (TPSA) is 61.0 Å². The average molecular weight is 291 g/mol. The van der Waals surface area contributed by atoms with Crippen molar-refractivity contribution in [3.8, 4) is 0 Å². The van der Waals surface area contributed by atoms with Crippen molar-refractivity contribution in [3.05, 3.63) is 46.2 Å². The van der Waals surface area contributed by atoms with E-state index in [0.717, 1.165) is 24.2 Å². The molecule has 0 aromatic carbocycles. The molecule has 2 heterocycles. The van der Waals surface area contributed by atoms with Gasteiger partial charge in [-0.3, -0.25) is 4.98 Å². The monoisotopic (exact) mass is 291 g/mol. The van der Waals surface area contributed by atoms with Gasteiger partial charge in [-0.1, -0.05) is 13.0 Å². The van der Waals surface area contributed by atoms with Crippen molar-refractivity contribution >= 4 is 11.3 Å². The smallest absolute Gasteiger partial charge is 0.114 e. The summed E-state index contributed by atoms with van der Waals surface area (Å²) in [5, 5.41) is 0. The molecule has 0 saturated carbocycles. The molecule has 108 valence electrons. The third-order valence-electron chi connectivity index (χ3n) is 3.31. The molecule has 2 aromatic heterocycles. The van der Waals surface area contributed by atoms with E-state index in [2.05, 4.69) is 16.9 Å². The second-order valence-electron chi connectivity index (χ2n) is 4.73. The van der Waals surface area contributed by atoms with E-state index in [1.165, 1.54) is 4.88 Å². The molecular weight excluding hydrogens is 270 g/mol. The van der Waals surface area contributed by atoms with Crippen LogP contribution in [-0.4, -0.2) is 22.6 Å². The van der Waals surface area contributed by atoms with Crippen LogP contribution in [0.3, 0.4) is 0 Å². The maximum atomic E-state index is 6.16. The number of rotatable bonds is 7. The maximum Gasteiger partial charge on any atom is 0.114 e. The number of hydrogen-bond acceptors (Lipinski definition) is 5. The van der Waals surface area contributed by atoms with Crippen LogP contribution in [0.25, 0.3) is 0 Å². The number of hydrogen-bond donors (Lipinski definition) is 1. The molecule has 5 heteroatoms. The number of nitrogens with two attached hydrogens (primary N) is 1. The summed E-state index contributed by atoms with van der Waals surface area (Å²) in [5.74, 6) is 0. The van der Waals surface area contributed by atoms with E-state index in [9.17, 15) is 0 Å². The van der Waals surface area contributed by atoms with Crippen LogP contribution in [0.1, 0.15) is 35.7 Å². The van der Waals surface area contributed by atoms with Crippen molar-refractivity contribution in [2.75, 3.05) is 6.61 Å². The van der Waals surface area contributed by atoms with Crippen molar-refractivity contribution in [3.63, 3.8) is 0 Å². The number of aryl methyl sites for hydroxylation is 1. The van der Waals surface area contributed by atoms with Gasteiger partial charge in [-0.15, -0.1) is 11.3 Å². The van der Waals surface area contributed by atoms with Crippen LogP contribution in [0.4, 0.5) is 0 Å². The third kappa shape index (κ3) is 3.85. The Morgan fingerprint density at radius 2 is 2.20 bits per heavy atom. The summed E-state index contributed by atoms with van der Waals surface area (Å²) in [6.45, 7) is 4.73. The minimum atomic E-state index is -0.144. The highest BCUT2D eigenvalue weighted by Crippen LogP contribution is 2.21. The Balaban J connectivity index is 1.97. The molecule has 0 saturated heterocycles. The van der Waals surface area contributed by atoms with Gasteiger partial charge in [0.2, 0.25) is 0 Å². The van der Waals surface area contributed by atoms with E-state index >= 15 is 0 Å². The number of aromatic nitrogens is 2. The lowest BCUT2D eigenvalue weighted by molar-refractivity contribution is 0.0328. The first-order valence-electron chi connectivity index (χ1n) is 6.89. The van der Waals surface area contributed by atoms with Crippen molar-refractivity contribution in [2.24, 2.45) is 5.73 Å². The molecule has 2 aromatic rings. The van der Waals surface area contributed by atoms with Gasteiger partial charge in [-0.2, -0.15) is 0 Å². The van der Waals surface area contributed by atoms with Crippen LogP contribution in [0.15, 0.2) is 29.9 Å². The normalized spacial score (nSPS) is 14.2. The minimum absolute atomic E-state index is 0.0348. The first kappa shape index (κ1) is 15.1. The molecule has 0 aliphatic carbocycles. The summed E-state index contributed by atoms with van der Waals surface area (Å²) < 4.78 is 6.00. The third-order valence-corrected chi connectivity index (χ3v) is 4.31. The average Bonchev–Trinajstić information content (AvgIpc) is 2.89. The van der Waals surface area contributed by atoms with Gasteiger partial charge in [0.25, 0.3) is 0 Å². The summed E-state index contributed by atoms with van der Waals surface area (Å²) in [4.78, 5) is 9.89. The van der Waals surface area contributed by atoms with Crippen LogP contribution in [-0.2, 0) is 11.2 Å². The molecule has 0 aliphatic rings. The zero-order valence-corrected chi connectivity index (χ0v) is 12.8. The first-order valence-corrected chi connectivity index (χ1v) is 7.77. The van der Waals surface area contributed by atoms with E-state index < -0.39 is 0 Å². The fourth-order valence-corrected chi connectivity index (χ4v) is 2.79. The summed E-state index contributed by atoms with van der Waals surface area (Å²) in [6, 6.07) is 5.80. The zero-order valence-electron chi connectivity index (χ0n) is 12.0. The van der Waals surface area contributed by atoms with Crippen molar-refractivity contribution in [1.82, 2.24) is 9.97 Å². The van der Waals surface area contributed by atoms with Crippen LogP contribution in [0.5, 0.6) is 0 Å². The summed E-state index contributed by atoms with van der Waals surface area (Å²) in [7, 11) is 0. The van der Waals surface area contributed by atoms with E-state index in [4.69, 9.17) is 10.5 Å². The lowest BCUT2D eigenvalue weighted by Crippen LogP contribution is -2.30. The molecule has 2 unspecified atom stereocenters. The number of ether oxygens (including phenoxy) is 1. The Bertz CT molecular complexity index is 515. The van der Waals surface area contributed by atoms with E-state index in [0.29, 0.717) is 6.61 Å². The van der Waals surface area contributed by atoms with Crippen LogP contribution >= 0.6 is 11.3 Å². The summed E-state index contributed by atoms with van der Waals surface area (Å²) >= 11 is 1.67. The molecule has 2 atom stereocenters. The van der Waals surface area contributed by atoms with Crippen molar-refractivity contribution in [1.29, 1.82) is 0 Å². The standard InChI is InChI=1S/C15H21N3OS/c1-3-12(16)15(13-6-4-5-8-17-13)19-9-7-14-11(2)18-10-20-14/h4-6,8,10,12,15H,3,7,9,16H2,1-2H3. The molecule has 2 rings (SSSR count). The fraction of sp³-hybridized carbons (Fsp3) is 0.467. The molecule has 4 nitrogen and oxygen atoms in total. The Kier molecular flexibility index (Phi) is 5.64. The number of nitrogens with zero attached hydrogens (tertiary/aromatic N) is 2. The molecule has 0 radical (unpaired) electrons. The van der Waals surface area contributed by atoms with Crippen molar-refractivity contribution < 1.29 is 4.74 Å². The van der Waals surface area contributed by atoms with Crippen LogP contribution in [0.2, 0.25) is 0 Å². The molecule has 0 spiro atoms. The molecule has 0 fully saturated rings. The largest absolute Gasteiger partial charge is 0.370 e. The fourth-order valence-electron chi connectivity index (χ4n) is 2.03. The Morgan fingerprint density at radius 1 is 1.35 bits per heavy atom. The highest BCUT2D eigenvalue weighted by molar-refractivity contribution is 7.09. The number of pyridine rings is 1. The molecule has 0 amide bonds. The van der Waals surface area contributed by atoms with Gasteiger partial charge in [-0.25, -0.2) is 4.98 Å². The van der Waals surface area contributed by atoms with E-state index in [1.807, 2.05) is 30.6 Å². The quantitative estimate of drug-likeness (QED) is 0.852. The van der Waals surface area contributed by atoms with Gasteiger partial charge in [0, 0.05) is 23.5 Å². The molecule has 2 N–H and O–H groups in total. The van der Waals surface area contributed by atoms with E-state index in [1.54, 1.807) is 17.5 Å². The number of thiazole rings is 1. The molecule has 20 heavy (non-hydrogen) atoms. The van der Waals surface area contributed by atoms with E-state index in [-0.39, 0.29) is 12.1 Å². The lowest BCUT2D eigenvalue weighted by atomic mass is 10.1. The van der Waals surface area contributed by atoms with Gasteiger partial charge in [-0.05, 0) is 25.5 Å². The molecular formula is C15H21N3OS. The Morgan fingerprint density at radius 3 is 2.80 bits per heavy atom. The maximum absolute atomic E-state index is 6.16. The van der Waals surface area contributed by atoms with Gasteiger partial charge in [0.1, 0.15) is 6.10 Å². The van der Waals surface area contributed by atoms with Crippen LogP contribution in [0, 0.1) is 6.92 Å². The predicted octanol–water partition coefficient (Wildman–Crippen LogP) is 2.88. The van der Waals surface area contributed by atoms with Gasteiger partial charge in [0.05, 0.1) is 23.5 Å². The Hall–Kier alpha value is -1.30. The summed E-state index contributed by atoms with van der Waals surface area (Å²) in [6.07, 6.45) is 3.37. The lowest BCUT2D eigenvalue weighted by Gasteiger charge is -2.22. The van der Waals surface area contributed by atoms with Gasteiger partial charge in [0.15, 0.2) is 0 Å². The minimum Gasteiger partial charge on any atom is -0.370 e. The van der Waals surface area contributed by atoms with Crippen LogP contribution < -0.4 is 5.73 Å².